The van der Waals surface area contributed by atoms with Crippen LogP contribution in [0.4, 0.5) is 10.1 Å². The Kier molecular flexibility index (Phi) is 10.6. The Bertz CT molecular complexity index is 1510. The molecular weight excluding hydrogens is 573 g/mol. The predicted octanol–water partition coefficient (Wildman–Crippen LogP) is 4.90. The van der Waals surface area contributed by atoms with Crippen LogP contribution in [0.5, 0.6) is 11.5 Å². The van der Waals surface area contributed by atoms with Gasteiger partial charge < -0.3 is 19.7 Å². The summed E-state index contributed by atoms with van der Waals surface area (Å²) in [4.78, 5) is 28.5. The van der Waals surface area contributed by atoms with Crippen molar-refractivity contribution >= 4 is 27.5 Å². The number of carbonyl (C=O) groups is 2. The van der Waals surface area contributed by atoms with Crippen LogP contribution in [0.1, 0.15) is 44.6 Å². The van der Waals surface area contributed by atoms with Gasteiger partial charge in [-0.2, -0.15) is 0 Å². The highest BCUT2D eigenvalue weighted by Crippen LogP contribution is 2.32. The van der Waals surface area contributed by atoms with Crippen LogP contribution in [-0.2, 0) is 26.2 Å². The number of sulfonamides is 1. The number of benzene rings is 3. The lowest BCUT2D eigenvalue weighted by atomic mass is 9.95. The lowest BCUT2D eigenvalue weighted by molar-refractivity contribution is -0.139. The summed E-state index contributed by atoms with van der Waals surface area (Å²) in [5.74, 6) is -1.01. The fourth-order valence-electron chi connectivity index (χ4n) is 5.19. The number of ether oxygens (including phenoxy) is 2. The molecule has 3 aromatic carbocycles. The van der Waals surface area contributed by atoms with Gasteiger partial charge in [0.1, 0.15) is 18.4 Å². The lowest BCUT2D eigenvalue weighted by Gasteiger charge is -2.33. The first-order valence-electron chi connectivity index (χ1n) is 14.3. The number of hydrogen-bond donors (Lipinski definition) is 1. The monoisotopic (exact) mass is 611 g/mol. The number of anilines is 1. The molecule has 0 radical (unpaired) electrons. The summed E-state index contributed by atoms with van der Waals surface area (Å²) in [5.41, 5.74) is 0.456. The third-order valence-corrected chi connectivity index (χ3v) is 9.45. The van der Waals surface area contributed by atoms with Crippen molar-refractivity contribution in [1.29, 1.82) is 0 Å². The maximum atomic E-state index is 14.8. The van der Waals surface area contributed by atoms with Gasteiger partial charge in [-0.3, -0.25) is 13.9 Å². The standard InChI is InChI=1S/C32H38FN3O6S/c1-23(32(38)34-25-13-6-4-7-14-25)35(21-24-12-10-11-17-28(24)33)31(37)22-36(26-15-8-5-9-16-26)43(39,40)27-18-19-29(41-2)30(20-27)42-3/h5,8-12,15-20,23,25H,4,6-7,13-14,21-22H2,1-3H3,(H,34,38). The highest BCUT2D eigenvalue weighted by Gasteiger charge is 2.34. The van der Waals surface area contributed by atoms with Crippen molar-refractivity contribution < 1.29 is 31.9 Å². The molecule has 0 saturated heterocycles. The van der Waals surface area contributed by atoms with E-state index in [0.29, 0.717) is 5.75 Å². The van der Waals surface area contributed by atoms with E-state index in [1.54, 1.807) is 43.3 Å². The van der Waals surface area contributed by atoms with Crippen molar-refractivity contribution in [2.24, 2.45) is 0 Å². The predicted molar refractivity (Wildman–Crippen MR) is 162 cm³/mol. The van der Waals surface area contributed by atoms with Gasteiger partial charge in [0.25, 0.3) is 10.0 Å². The second kappa shape index (κ2) is 14.4. The van der Waals surface area contributed by atoms with Gasteiger partial charge in [0.05, 0.1) is 24.8 Å². The highest BCUT2D eigenvalue weighted by molar-refractivity contribution is 7.92. The Labute approximate surface area is 252 Å². The highest BCUT2D eigenvalue weighted by atomic mass is 32.2. The van der Waals surface area contributed by atoms with Crippen molar-refractivity contribution in [3.05, 3.63) is 84.2 Å². The molecule has 1 unspecified atom stereocenters. The van der Waals surface area contributed by atoms with Crippen LogP contribution in [0.3, 0.4) is 0 Å². The Morgan fingerprint density at radius 1 is 0.930 bits per heavy atom. The molecule has 2 amide bonds. The molecule has 3 aromatic rings. The molecule has 11 heteroatoms. The van der Waals surface area contributed by atoms with E-state index < -0.39 is 34.3 Å². The third-order valence-electron chi connectivity index (χ3n) is 7.68. The van der Waals surface area contributed by atoms with E-state index in [2.05, 4.69) is 5.32 Å². The van der Waals surface area contributed by atoms with E-state index in [0.717, 1.165) is 36.4 Å². The quantitative estimate of drug-likeness (QED) is 0.312. The van der Waals surface area contributed by atoms with Gasteiger partial charge >= 0.3 is 0 Å². The molecular formula is C32H38FN3O6S. The van der Waals surface area contributed by atoms with Crippen LogP contribution < -0.4 is 19.1 Å². The SMILES string of the molecule is COc1ccc(S(=O)(=O)N(CC(=O)N(Cc2ccccc2F)C(C)C(=O)NC2CCCCC2)c2ccccc2)cc1OC. The molecule has 9 nitrogen and oxygen atoms in total. The largest absolute Gasteiger partial charge is 0.493 e. The average molecular weight is 612 g/mol. The topological polar surface area (TPSA) is 105 Å². The van der Waals surface area contributed by atoms with E-state index >= 15 is 0 Å². The van der Waals surface area contributed by atoms with Crippen molar-refractivity contribution in [1.82, 2.24) is 10.2 Å². The number of amides is 2. The van der Waals surface area contributed by atoms with Gasteiger partial charge in [-0.1, -0.05) is 55.7 Å². The fourth-order valence-corrected chi connectivity index (χ4v) is 6.62. The van der Waals surface area contributed by atoms with E-state index in [4.69, 9.17) is 9.47 Å². The molecule has 0 spiro atoms. The number of methoxy groups -OCH3 is 2. The van der Waals surface area contributed by atoms with Crippen LogP contribution in [0, 0.1) is 5.82 Å². The lowest BCUT2D eigenvalue weighted by Crippen LogP contribution is -2.53. The van der Waals surface area contributed by atoms with Crippen molar-refractivity contribution in [3.63, 3.8) is 0 Å². The number of nitrogens with one attached hydrogen (secondary N) is 1. The van der Waals surface area contributed by atoms with E-state index in [1.165, 1.54) is 55.5 Å². The zero-order valence-corrected chi connectivity index (χ0v) is 25.5. The molecule has 4 rings (SSSR count). The average Bonchev–Trinajstić information content (AvgIpc) is 3.03. The molecule has 1 N–H and O–H groups in total. The first kappa shape index (κ1) is 31.8. The van der Waals surface area contributed by atoms with Crippen LogP contribution in [0.15, 0.2) is 77.7 Å². The zero-order valence-electron chi connectivity index (χ0n) is 24.7. The smallest absolute Gasteiger partial charge is 0.264 e. The Morgan fingerprint density at radius 2 is 1.58 bits per heavy atom. The summed E-state index contributed by atoms with van der Waals surface area (Å²) >= 11 is 0. The number of hydrogen-bond acceptors (Lipinski definition) is 6. The maximum absolute atomic E-state index is 14.8. The van der Waals surface area contributed by atoms with E-state index in [9.17, 15) is 22.4 Å². The number of para-hydroxylation sites is 1. The van der Waals surface area contributed by atoms with Crippen LogP contribution >= 0.6 is 0 Å². The molecule has 0 aromatic heterocycles. The van der Waals surface area contributed by atoms with Crippen LogP contribution in [0.2, 0.25) is 0 Å². The number of carbonyl (C=O) groups excluding carboxylic acids is 2. The van der Waals surface area contributed by atoms with Crippen molar-refractivity contribution in [3.8, 4) is 11.5 Å². The number of rotatable bonds is 12. The summed E-state index contributed by atoms with van der Waals surface area (Å²) in [6, 6.07) is 17.4. The minimum absolute atomic E-state index is 0.000334. The van der Waals surface area contributed by atoms with Crippen LogP contribution in [-0.4, -0.2) is 58.0 Å². The summed E-state index contributed by atoms with van der Waals surface area (Å²) in [5, 5.41) is 3.03. The molecule has 43 heavy (non-hydrogen) atoms. The van der Waals surface area contributed by atoms with Gasteiger partial charge in [-0.05, 0) is 50.1 Å². The number of halogens is 1. The Hall–Kier alpha value is -4.12. The van der Waals surface area contributed by atoms with Crippen molar-refractivity contribution in [2.75, 3.05) is 25.1 Å². The molecule has 230 valence electrons. The third kappa shape index (κ3) is 7.64. The van der Waals surface area contributed by atoms with Gasteiger partial charge in [0.15, 0.2) is 11.5 Å². The first-order chi connectivity index (χ1) is 20.6. The van der Waals surface area contributed by atoms with E-state index in [1.807, 2.05) is 0 Å². The zero-order chi connectivity index (χ0) is 31.0. The molecule has 1 atom stereocenters. The van der Waals surface area contributed by atoms with Crippen LogP contribution in [0.25, 0.3) is 0 Å². The minimum Gasteiger partial charge on any atom is -0.493 e. The normalized spacial score (nSPS) is 14.4. The van der Waals surface area contributed by atoms with Gasteiger partial charge in [-0.25, -0.2) is 12.8 Å². The minimum atomic E-state index is -4.31. The fraction of sp³-hybridized carbons (Fsp3) is 0.375. The molecule has 0 bridgehead atoms. The van der Waals surface area contributed by atoms with E-state index in [-0.39, 0.29) is 40.4 Å². The molecule has 1 aliphatic carbocycles. The van der Waals surface area contributed by atoms with Gasteiger partial charge in [0, 0.05) is 24.2 Å². The summed E-state index contributed by atoms with van der Waals surface area (Å²) in [6.45, 7) is 0.729. The second-order valence-corrected chi connectivity index (χ2v) is 12.4. The molecule has 0 heterocycles. The first-order valence-corrected chi connectivity index (χ1v) is 15.7. The molecule has 1 aliphatic rings. The molecule has 1 fully saturated rings. The summed E-state index contributed by atoms with van der Waals surface area (Å²) in [7, 11) is -1.48. The maximum Gasteiger partial charge on any atom is 0.264 e. The van der Waals surface area contributed by atoms with Gasteiger partial charge in [0.2, 0.25) is 11.8 Å². The summed E-state index contributed by atoms with van der Waals surface area (Å²) < 4.78 is 54.4. The molecule has 1 saturated carbocycles. The summed E-state index contributed by atoms with van der Waals surface area (Å²) in [6.07, 6.45) is 4.84. The number of nitrogens with zero attached hydrogens (tertiary/aromatic N) is 2. The Morgan fingerprint density at radius 3 is 2.23 bits per heavy atom. The van der Waals surface area contributed by atoms with Crippen molar-refractivity contribution in [2.45, 2.75) is 62.6 Å². The Balaban J connectivity index is 1.69. The van der Waals surface area contributed by atoms with Gasteiger partial charge in [-0.15, -0.1) is 0 Å². The second-order valence-electron chi connectivity index (χ2n) is 10.5. The molecule has 0 aliphatic heterocycles.